The van der Waals surface area contributed by atoms with Crippen LogP contribution < -0.4 is 10.2 Å². The number of esters is 1. The van der Waals surface area contributed by atoms with Gasteiger partial charge < -0.3 is 19.7 Å². The van der Waals surface area contributed by atoms with Crippen molar-refractivity contribution in [3.8, 4) is 0 Å². The molecule has 0 spiro atoms. The zero-order valence-electron chi connectivity index (χ0n) is 18.3. The summed E-state index contributed by atoms with van der Waals surface area (Å²) in [5.74, 6) is -1.15. The van der Waals surface area contributed by atoms with E-state index in [1.165, 1.54) is 12.1 Å². The van der Waals surface area contributed by atoms with E-state index in [4.69, 9.17) is 9.47 Å². The van der Waals surface area contributed by atoms with Crippen LogP contribution in [0.5, 0.6) is 0 Å². The molecule has 1 aliphatic carbocycles. The molecule has 1 heterocycles. The molecular formula is C25H29FN2O4. The zero-order chi connectivity index (χ0) is 22.6. The SMILES string of the molecule is C[C@H](OC(=O)C1(c2ccc(F)cc2)CCCC1)C(=O)Nc1ccc(N2CCOCC2)cc1. The number of nitrogens with zero attached hydrogens (tertiary/aromatic N) is 1. The Morgan fingerprint density at radius 2 is 1.66 bits per heavy atom. The van der Waals surface area contributed by atoms with Crippen LogP contribution in [-0.2, 0) is 24.5 Å². The Labute approximate surface area is 187 Å². The summed E-state index contributed by atoms with van der Waals surface area (Å²) >= 11 is 0. The van der Waals surface area contributed by atoms with Crippen molar-refractivity contribution in [1.29, 1.82) is 0 Å². The monoisotopic (exact) mass is 440 g/mol. The van der Waals surface area contributed by atoms with Crippen molar-refractivity contribution < 1.29 is 23.5 Å². The maximum Gasteiger partial charge on any atom is 0.317 e. The van der Waals surface area contributed by atoms with Crippen LogP contribution in [0.3, 0.4) is 0 Å². The van der Waals surface area contributed by atoms with E-state index in [0.29, 0.717) is 31.7 Å². The topological polar surface area (TPSA) is 67.9 Å². The van der Waals surface area contributed by atoms with Crippen LogP contribution in [0, 0.1) is 5.82 Å². The maximum atomic E-state index is 13.4. The Morgan fingerprint density at radius 1 is 1.03 bits per heavy atom. The molecule has 4 rings (SSSR count). The van der Waals surface area contributed by atoms with Crippen molar-refractivity contribution in [2.24, 2.45) is 0 Å². The fourth-order valence-corrected chi connectivity index (χ4v) is 4.51. The summed E-state index contributed by atoms with van der Waals surface area (Å²) in [5, 5.41) is 2.82. The van der Waals surface area contributed by atoms with Crippen LogP contribution in [0.1, 0.15) is 38.2 Å². The predicted octanol–water partition coefficient (Wildman–Crippen LogP) is 4.04. The van der Waals surface area contributed by atoms with Crippen LogP contribution in [0.4, 0.5) is 15.8 Å². The molecule has 2 fully saturated rings. The van der Waals surface area contributed by atoms with Crippen molar-refractivity contribution in [2.45, 2.75) is 44.1 Å². The van der Waals surface area contributed by atoms with E-state index in [0.717, 1.165) is 37.2 Å². The van der Waals surface area contributed by atoms with E-state index in [1.807, 2.05) is 24.3 Å². The number of nitrogens with one attached hydrogen (secondary N) is 1. The second-order valence-corrected chi connectivity index (χ2v) is 8.48. The van der Waals surface area contributed by atoms with Gasteiger partial charge in [-0.2, -0.15) is 0 Å². The van der Waals surface area contributed by atoms with Crippen molar-refractivity contribution in [2.75, 3.05) is 36.5 Å². The van der Waals surface area contributed by atoms with E-state index < -0.39 is 17.5 Å². The summed E-state index contributed by atoms with van der Waals surface area (Å²) in [7, 11) is 0. The highest BCUT2D eigenvalue weighted by Gasteiger charge is 2.45. The van der Waals surface area contributed by atoms with Crippen molar-refractivity contribution in [3.05, 3.63) is 59.9 Å². The highest BCUT2D eigenvalue weighted by Crippen LogP contribution is 2.42. The lowest BCUT2D eigenvalue weighted by molar-refractivity contribution is -0.159. The number of amides is 1. The number of ether oxygens (including phenoxy) is 2. The fraction of sp³-hybridized carbons (Fsp3) is 0.440. The molecule has 2 aliphatic rings. The van der Waals surface area contributed by atoms with Gasteiger partial charge in [0.1, 0.15) is 5.82 Å². The standard InChI is InChI=1S/C25H29FN2O4/c1-18(23(29)27-21-8-10-22(11-9-21)28-14-16-31-17-15-28)32-24(30)25(12-2-3-13-25)19-4-6-20(26)7-5-19/h4-11,18H,2-3,12-17H2,1H3,(H,27,29)/t18-/m0/s1. The van der Waals surface area contributed by atoms with Gasteiger partial charge in [-0.25, -0.2) is 4.39 Å². The summed E-state index contributed by atoms with van der Waals surface area (Å²) in [5.41, 5.74) is 1.65. The van der Waals surface area contributed by atoms with Crippen LogP contribution in [0.25, 0.3) is 0 Å². The molecule has 32 heavy (non-hydrogen) atoms. The second-order valence-electron chi connectivity index (χ2n) is 8.48. The van der Waals surface area contributed by atoms with E-state index >= 15 is 0 Å². The Morgan fingerprint density at radius 3 is 2.28 bits per heavy atom. The summed E-state index contributed by atoms with van der Waals surface area (Å²) in [6.45, 7) is 4.67. The summed E-state index contributed by atoms with van der Waals surface area (Å²) < 4.78 is 24.4. The lowest BCUT2D eigenvalue weighted by Gasteiger charge is -2.29. The molecule has 7 heteroatoms. The number of halogens is 1. The molecule has 1 N–H and O–H groups in total. The average molecular weight is 441 g/mol. The summed E-state index contributed by atoms with van der Waals surface area (Å²) in [6.07, 6.45) is 2.11. The lowest BCUT2D eigenvalue weighted by Crippen LogP contribution is -2.39. The highest BCUT2D eigenvalue weighted by atomic mass is 19.1. The number of rotatable bonds is 6. The molecule has 2 aromatic carbocycles. The summed E-state index contributed by atoms with van der Waals surface area (Å²) in [6, 6.07) is 13.6. The lowest BCUT2D eigenvalue weighted by atomic mass is 9.79. The minimum absolute atomic E-state index is 0.345. The molecule has 1 atom stereocenters. The third-order valence-corrected chi connectivity index (χ3v) is 6.41. The van der Waals surface area contributed by atoms with Gasteiger partial charge in [0.05, 0.1) is 18.6 Å². The smallest absolute Gasteiger partial charge is 0.317 e. The molecule has 0 radical (unpaired) electrons. The molecule has 1 amide bonds. The zero-order valence-corrected chi connectivity index (χ0v) is 18.3. The molecule has 1 aliphatic heterocycles. The Bertz CT molecular complexity index is 933. The minimum atomic E-state index is -0.945. The molecule has 0 bridgehead atoms. The molecule has 6 nitrogen and oxygen atoms in total. The van der Waals surface area contributed by atoms with Gasteiger partial charge in [0.2, 0.25) is 0 Å². The second kappa shape index (κ2) is 9.69. The number of carbonyl (C=O) groups is 2. The fourth-order valence-electron chi connectivity index (χ4n) is 4.51. The first-order valence-corrected chi connectivity index (χ1v) is 11.2. The number of hydrogen-bond acceptors (Lipinski definition) is 5. The third-order valence-electron chi connectivity index (χ3n) is 6.41. The quantitative estimate of drug-likeness (QED) is 0.687. The van der Waals surface area contributed by atoms with Crippen molar-refractivity contribution >= 4 is 23.3 Å². The van der Waals surface area contributed by atoms with Crippen LogP contribution >= 0.6 is 0 Å². The van der Waals surface area contributed by atoms with Crippen LogP contribution in [0.2, 0.25) is 0 Å². The molecule has 1 saturated heterocycles. The Balaban J connectivity index is 1.38. The van der Waals surface area contributed by atoms with Crippen molar-refractivity contribution in [3.63, 3.8) is 0 Å². The van der Waals surface area contributed by atoms with Gasteiger partial charge in [0, 0.05) is 24.5 Å². The number of morpholine rings is 1. The van der Waals surface area contributed by atoms with Gasteiger partial charge in [0.15, 0.2) is 6.10 Å². The largest absolute Gasteiger partial charge is 0.452 e. The summed E-state index contributed by atoms with van der Waals surface area (Å²) in [4.78, 5) is 28.0. The van der Waals surface area contributed by atoms with Gasteiger partial charge >= 0.3 is 5.97 Å². The number of anilines is 2. The first-order valence-electron chi connectivity index (χ1n) is 11.2. The third kappa shape index (κ3) is 4.78. The first kappa shape index (κ1) is 22.3. The Hall–Kier alpha value is -2.93. The maximum absolute atomic E-state index is 13.4. The van der Waals surface area contributed by atoms with E-state index in [1.54, 1.807) is 19.1 Å². The van der Waals surface area contributed by atoms with Crippen molar-refractivity contribution in [1.82, 2.24) is 0 Å². The van der Waals surface area contributed by atoms with Gasteiger partial charge in [-0.1, -0.05) is 25.0 Å². The Kier molecular flexibility index (Phi) is 6.74. The molecular weight excluding hydrogens is 411 g/mol. The van der Waals surface area contributed by atoms with Gasteiger partial charge in [0.25, 0.3) is 5.91 Å². The minimum Gasteiger partial charge on any atom is -0.452 e. The van der Waals surface area contributed by atoms with E-state index in [9.17, 15) is 14.0 Å². The molecule has 0 unspecified atom stereocenters. The highest BCUT2D eigenvalue weighted by molar-refractivity contribution is 5.96. The first-order chi connectivity index (χ1) is 15.5. The number of hydrogen-bond donors (Lipinski definition) is 1. The predicted molar refractivity (Wildman–Crippen MR) is 120 cm³/mol. The number of benzene rings is 2. The molecule has 2 aromatic rings. The molecule has 0 aromatic heterocycles. The average Bonchev–Trinajstić information content (AvgIpc) is 3.32. The normalized spacial score (nSPS) is 18.8. The van der Waals surface area contributed by atoms with Gasteiger partial charge in [-0.05, 0) is 61.7 Å². The molecule has 170 valence electrons. The van der Waals surface area contributed by atoms with E-state index in [-0.39, 0.29) is 11.7 Å². The van der Waals surface area contributed by atoms with Gasteiger partial charge in [-0.3, -0.25) is 9.59 Å². The number of carbonyl (C=O) groups excluding carboxylic acids is 2. The van der Waals surface area contributed by atoms with Crippen LogP contribution in [-0.4, -0.2) is 44.3 Å². The van der Waals surface area contributed by atoms with Crippen LogP contribution in [0.15, 0.2) is 48.5 Å². The van der Waals surface area contributed by atoms with Gasteiger partial charge in [-0.15, -0.1) is 0 Å². The molecule has 1 saturated carbocycles. The van der Waals surface area contributed by atoms with E-state index in [2.05, 4.69) is 10.2 Å².